The van der Waals surface area contributed by atoms with Crippen molar-refractivity contribution in [2.24, 2.45) is 0 Å². The topological polar surface area (TPSA) is 32.8 Å². The number of rotatable bonds is 7. The molecule has 0 N–H and O–H groups in total. The van der Waals surface area contributed by atoms with Gasteiger partial charge < -0.3 is 9.64 Å². The highest BCUT2D eigenvalue weighted by molar-refractivity contribution is 5.76. The van der Waals surface area contributed by atoms with Crippen LogP contribution in [0.4, 0.5) is 4.39 Å². The van der Waals surface area contributed by atoms with Crippen LogP contribution >= 0.6 is 0 Å². The molecule has 2 rings (SSSR count). The molecule has 0 saturated carbocycles. The number of hydrogen-bond acceptors (Lipinski definition) is 3. The van der Waals surface area contributed by atoms with Crippen LogP contribution in [0.15, 0.2) is 24.3 Å². The van der Waals surface area contributed by atoms with Gasteiger partial charge in [-0.05, 0) is 38.3 Å². The number of halogens is 1. The monoisotopic (exact) mass is 336 g/mol. The molecule has 24 heavy (non-hydrogen) atoms. The number of hydrogen-bond donors (Lipinski definition) is 0. The summed E-state index contributed by atoms with van der Waals surface area (Å²) in [6, 6.07) is 7.45. The normalized spacial score (nSPS) is 21.9. The fourth-order valence-electron chi connectivity index (χ4n) is 3.49. The van der Waals surface area contributed by atoms with Crippen LogP contribution in [0.1, 0.15) is 32.3 Å². The highest BCUT2D eigenvalue weighted by Crippen LogP contribution is 2.17. The van der Waals surface area contributed by atoms with Crippen LogP contribution in [0.5, 0.6) is 0 Å². The van der Waals surface area contributed by atoms with Crippen molar-refractivity contribution in [1.29, 1.82) is 0 Å². The molecule has 1 aliphatic heterocycles. The molecular formula is C19H29FN2O2. The lowest BCUT2D eigenvalue weighted by Crippen LogP contribution is -2.58. The number of benzene rings is 1. The van der Waals surface area contributed by atoms with E-state index in [1.165, 1.54) is 6.07 Å². The van der Waals surface area contributed by atoms with E-state index in [9.17, 15) is 9.18 Å². The molecule has 1 fully saturated rings. The summed E-state index contributed by atoms with van der Waals surface area (Å²) >= 11 is 0. The Morgan fingerprint density at radius 2 is 1.92 bits per heavy atom. The zero-order valence-electron chi connectivity index (χ0n) is 15.0. The van der Waals surface area contributed by atoms with Crippen molar-refractivity contribution >= 4 is 5.91 Å². The first-order chi connectivity index (χ1) is 11.5. The van der Waals surface area contributed by atoms with Crippen molar-refractivity contribution in [3.63, 3.8) is 0 Å². The van der Waals surface area contributed by atoms with E-state index in [0.717, 1.165) is 19.6 Å². The molecule has 2 atom stereocenters. The molecule has 0 aromatic heterocycles. The minimum atomic E-state index is -0.182. The molecule has 5 heteroatoms. The summed E-state index contributed by atoms with van der Waals surface area (Å²) < 4.78 is 18.8. The minimum absolute atomic E-state index is 0.177. The molecular weight excluding hydrogens is 307 g/mol. The summed E-state index contributed by atoms with van der Waals surface area (Å²) in [5, 5.41) is 0. The lowest BCUT2D eigenvalue weighted by molar-refractivity contribution is -0.135. The second-order valence-electron chi connectivity index (χ2n) is 6.67. The molecule has 0 aliphatic carbocycles. The molecule has 1 saturated heterocycles. The fraction of sp³-hybridized carbons (Fsp3) is 0.632. The predicted molar refractivity (Wildman–Crippen MR) is 93.4 cm³/mol. The van der Waals surface area contributed by atoms with Crippen LogP contribution in [-0.4, -0.2) is 61.1 Å². The van der Waals surface area contributed by atoms with Gasteiger partial charge >= 0.3 is 0 Å². The standard InChI is InChI=1S/C19H29FN2O2/c1-15-13-21(14-16(2)22(15)11-12-24-3)19(23)10-6-8-17-7-4-5-9-18(17)20/h4-5,7,9,15-16H,6,8,10-14H2,1-3H3. The van der Waals surface area contributed by atoms with E-state index in [4.69, 9.17) is 4.74 Å². The number of aryl methyl sites for hydroxylation is 1. The molecule has 1 aromatic rings. The second kappa shape index (κ2) is 9.14. The Labute approximate surface area is 144 Å². The lowest BCUT2D eigenvalue weighted by Gasteiger charge is -2.44. The number of piperazine rings is 1. The Kier molecular flexibility index (Phi) is 7.18. The van der Waals surface area contributed by atoms with Crippen molar-refractivity contribution in [2.45, 2.75) is 45.2 Å². The third-order valence-corrected chi connectivity index (χ3v) is 4.80. The molecule has 134 valence electrons. The van der Waals surface area contributed by atoms with E-state index >= 15 is 0 Å². The van der Waals surface area contributed by atoms with Gasteiger partial charge in [0.25, 0.3) is 0 Å². The second-order valence-corrected chi connectivity index (χ2v) is 6.67. The molecule has 0 radical (unpaired) electrons. The van der Waals surface area contributed by atoms with Crippen LogP contribution in [0, 0.1) is 5.82 Å². The maximum absolute atomic E-state index is 13.6. The van der Waals surface area contributed by atoms with Crippen LogP contribution in [0.3, 0.4) is 0 Å². The van der Waals surface area contributed by atoms with Gasteiger partial charge in [-0.25, -0.2) is 4.39 Å². The average molecular weight is 336 g/mol. The Morgan fingerprint density at radius 1 is 1.25 bits per heavy atom. The van der Waals surface area contributed by atoms with Gasteiger partial charge in [-0.1, -0.05) is 18.2 Å². The van der Waals surface area contributed by atoms with Gasteiger partial charge in [-0.3, -0.25) is 9.69 Å². The number of carbonyl (C=O) groups is 1. The van der Waals surface area contributed by atoms with Crippen LogP contribution < -0.4 is 0 Å². The van der Waals surface area contributed by atoms with Crippen molar-refractivity contribution in [1.82, 2.24) is 9.80 Å². The lowest BCUT2D eigenvalue weighted by atomic mass is 10.0. The van der Waals surface area contributed by atoms with Gasteiger partial charge in [0.1, 0.15) is 5.82 Å². The number of carbonyl (C=O) groups excluding carboxylic acids is 1. The van der Waals surface area contributed by atoms with Gasteiger partial charge in [0.05, 0.1) is 6.61 Å². The van der Waals surface area contributed by atoms with Gasteiger partial charge in [-0.15, -0.1) is 0 Å². The number of amides is 1. The van der Waals surface area contributed by atoms with Gasteiger partial charge in [0.15, 0.2) is 0 Å². The third kappa shape index (κ3) is 5.02. The zero-order chi connectivity index (χ0) is 17.5. The molecule has 1 heterocycles. The molecule has 1 aromatic carbocycles. The summed E-state index contributed by atoms with van der Waals surface area (Å²) in [6.07, 6.45) is 1.77. The maximum atomic E-state index is 13.6. The summed E-state index contributed by atoms with van der Waals surface area (Å²) in [5.41, 5.74) is 0.691. The summed E-state index contributed by atoms with van der Waals surface area (Å²) in [6.45, 7) is 7.44. The molecule has 0 bridgehead atoms. The summed E-state index contributed by atoms with van der Waals surface area (Å²) in [7, 11) is 1.71. The molecule has 1 aliphatic rings. The van der Waals surface area contributed by atoms with Gasteiger partial charge in [0.2, 0.25) is 5.91 Å². The van der Waals surface area contributed by atoms with Crippen molar-refractivity contribution < 1.29 is 13.9 Å². The summed E-state index contributed by atoms with van der Waals surface area (Å²) in [5.74, 6) is -0.00428. The maximum Gasteiger partial charge on any atom is 0.222 e. The Morgan fingerprint density at radius 3 is 2.54 bits per heavy atom. The van der Waals surface area contributed by atoms with E-state index in [1.54, 1.807) is 19.2 Å². The zero-order valence-corrected chi connectivity index (χ0v) is 15.0. The fourth-order valence-corrected chi connectivity index (χ4v) is 3.49. The summed E-state index contributed by atoms with van der Waals surface area (Å²) in [4.78, 5) is 16.8. The smallest absolute Gasteiger partial charge is 0.222 e. The van der Waals surface area contributed by atoms with E-state index in [0.29, 0.717) is 43.5 Å². The first-order valence-electron chi connectivity index (χ1n) is 8.78. The highest BCUT2D eigenvalue weighted by Gasteiger charge is 2.31. The first-order valence-corrected chi connectivity index (χ1v) is 8.78. The van der Waals surface area contributed by atoms with Crippen molar-refractivity contribution in [3.8, 4) is 0 Å². The van der Waals surface area contributed by atoms with E-state index in [-0.39, 0.29) is 11.7 Å². The SMILES string of the molecule is COCCN1C(C)CN(C(=O)CCCc2ccccc2F)CC1C. The average Bonchev–Trinajstić information content (AvgIpc) is 2.55. The minimum Gasteiger partial charge on any atom is -0.383 e. The Balaban J connectivity index is 1.80. The molecule has 1 amide bonds. The number of methoxy groups -OCH3 is 1. The quantitative estimate of drug-likeness (QED) is 0.767. The Hall–Kier alpha value is -1.46. The molecule has 0 spiro atoms. The number of ether oxygens (including phenoxy) is 1. The third-order valence-electron chi connectivity index (χ3n) is 4.80. The molecule has 4 nitrogen and oxygen atoms in total. The molecule has 2 unspecified atom stereocenters. The predicted octanol–water partition coefficient (Wildman–Crippen LogP) is 2.72. The number of nitrogens with zero attached hydrogens (tertiary/aromatic N) is 2. The Bertz CT molecular complexity index is 526. The van der Waals surface area contributed by atoms with E-state index < -0.39 is 0 Å². The highest BCUT2D eigenvalue weighted by atomic mass is 19.1. The van der Waals surface area contributed by atoms with Gasteiger partial charge in [-0.2, -0.15) is 0 Å². The van der Waals surface area contributed by atoms with E-state index in [2.05, 4.69) is 18.7 Å². The van der Waals surface area contributed by atoms with Gasteiger partial charge in [0, 0.05) is 45.2 Å². The van der Waals surface area contributed by atoms with E-state index in [1.807, 2.05) is 11.0 Å². The van der Waals surface area contributed by atoms with Crippen molar-refractivity contribution in [3.05, 3.63) is 35.6 Å². The van der Waals surface area contributed by atoms with Crippen molar-refractivity contribution in [2.75, 3.05) is 33.4 Å². The van der Waals surface area contributed by atoms with Crippen LogP contribution in [0.25, 0.3) is 0 Å². The van der Waals surface area contributed by atoms with Crippen LogP contribution in [-0.2, 0) is 16.0 Å². The largest absolute Gasteiger partial charge is 0.383 e. The van der Waals surface area contributed by atoms with Crippen LogP contribution in [0.2, 0.25) is 0 Å². The first kappa shape index (κ1) is 18.9.